The number of hydrogen-bond donors (Lipinski definition) is 1. The van der Waals surface area contributed by atoms with Crippen LogP contribution in [-0.2, 0) is 14.3 Å². The minimum Gasteiger partial charge on any atom is -0.388 e. The van der Waals surface area contributed by atoms with E-state index >= 15 is 0 Å². The second-order valence-electron chi connectivity index (χ2n) is 8.35. The fourth-order valence-electron chi connectivity index (χ4n) is 4.47. The van der Waals surface area contributed by atoms with Crippen LogP contribution in [0.5, 0.6) is 0 Å². The summed E-state index contributed by atoms with van der Waals surface area (Å²) >= 11 is 0. The van der Waals surface area contributed by atoms with Gasteiger partial charge in [0.15, 0.2) is 17.2 Å². The molecular weight excluding hydrogens is 415 g/mol. The molecule has 1 aliphatic carbocycles. The molecule has 32 heavy (non-hydrogen) atoms. The molecule has 0 radical (unpaired) electrons. The molecule has 2 aromatic rings. The van der Waals surface area contributed by atoms with Crippen molar-refractivity contribution in [3.8, 4) is 0 Å². The number of aliphatic hydroxyl groups is 1. The van der Waals surface area contributed by atoms with E-state index in [4.69, 9.17) is 19.1 Å². The highest BCUT2D eigenvalue weighted by Gasteiger charge is 2.33. The first kappa shape index (κ1) is 22.8. The number of fused-ring (bicyclic) bond motifs is 1. The van der Waals surface area contributed by atoms with Crippen molar-refractivity contribution in [2.45, 2.75) is 37.4 Å². The highest BCUT2D eigenvalue weighted by atomic mass is 19.1. The molecule has 1 atom stereocenters. The lowest BCUT2D eigenvalue weighted by atomic mass is 9.91. The van der Waals surface area contributed by atoms with Crippen molar-refractivity contribution in [1.82, 2.24) is 10.1 Å². The maximum Gasteiger partial charge on any atom is 0.191 e. The third-order valence-corrected chi connectivity index (χ3v) is 6.33. The summed E-state index contributed by atoms with van der Waals surface area (Å²) in [5.41, 5.74) is 1.93. The van der Waals surface area contributed by atoms with Crippen molar-refractivity contribution in [2.24, 2.45) is 0 Å². The lowest BCUT2D eigenvalue weighted by Gasteiger charge is -2.33. The summed E-state index contributed by atoms with van der Waals surface area (Å²) < 4.78 is 30.3. The Hall–Kier alpha value is -2.39. The highest BCUT2D eigenvalue weighted by molar-refractivity contribution is 5.96. The predicted molar refractivity (Wildman–Crippen MR) is 117 cm³/mol. The number of Topliss-reactive ketones (excluding diaryl/α,β-unsaturated/α-hetero) is 1. The second kappa shape index (κ2) is 10.0. The van der Waals surface area contributed by atoms with Gasteiger partial charge < -0.3 is 24.0 Å². The first-order chi connectivity index (χ1) is 15.5. The molecule has 1 fully saturated rings. The van der Waals surface area contributed by atoms with Gasteiger partial charge in [-0.25, -0.2) is 4.39 Å². The van der Waals surface area contributed by atoms with Crippen LogP contribution < -0.4 is 0 Å². The van der Waals surface area contributed by atoms with Crippen LogP contribution >= 0.6 is 0 Å². The first-order valence-corrected chi connectivity index (χ1v) is 11.0. The molecule has 0 bridgehead atoms. The summed E-state index contributed by atoms with van der Waals surface area (Å²) in [5, 5.41) is 14.2. The highest BCUT2D eigenvalue weighted by Crippen LogP contribution is 2.33. The molecule has 4 rings (SSSR count). The molecule has 1 N–H and O–H groups in total. The van der Waals surface area contributed by atoms with Gasteiger partial charge in [-0.1, -0.05) is 17.3 Å². The summed E-state index contributed by atoms with van der Waals surface area (Å²) in [6.07, 6.45) is 8.31. The van der Waals surface area contributed by atoms with Crippen LogP contribution in [0.3, 0.4) is 0 Å². The molecule has 1 saturated heterocycles. The molecule has 1 aromatic heterocycles. The zero-order chi connectivity index (χ0) is 22.6. The number of halogens is 1. The van der Waals surface area contributed by atoms with Crippen LogP contribution in [0.4, 0.5) is 4.39 Å². The summed E-state index contributed by atoms with van der Waals surface area (Å²) in [5.74, 6) is -1.28. The Morgan fingerprint density at radius 2 is 2.19 bits per heavy atom. The SMILES string of the molecule is COC1(OCCCN2CCC(c3noc4cc(F)ccc34)CC2)C=CC=C(C(=O)CO)C1. The number of aromatic nitrogens is 1. The maximum absolute atomic E-state index is 13.4. The van der Waals surface area contributed by atoms with Crippen molar-refractivity contribution in [3.05, 3.63) is 53.5 Å². The molecule has 1 unspecified atom stereocenters. The van der Waals surface area contributed by atoms with Gasteiger partial charge in [0.25, 0.3) is 0 Å². The Balaban J connectivity index is 1.23. The van der Waals surface area contributed by atoms with Crippen molar-refractivity contribution in [1.29, 1.82) is 0 Å². The third-order valence-electron chi connectivity index (χ3n) is 6.33. The number of nitrogens with zero attached hydrogens (tertiary/aromatic N) is 2. The largest absolute Gasteiger partial charge is 0.388 e. The average molecular weight is 445 g/mol. The number of piperidine rings is 1. The van der Waals surface area contributed by atoms with E-state index in [9.17, 15) is 9.18 Å². The standard InChI is InChI=1S/C24H29FN2O5/c1-30-24(9-2-4-18(15-24)21(29)16-28)31-13-3-10-27-11-7-17(8-12-27)23-20-6-5-19(25)14-22(20)32-26-23/h2,4-6,9,14,17,28H,3,7-8,10-13,15-16H2,1H3. The average Bonchev–Trinajstić information content (AvgIpc) is 3.25. The summed E-state index contributed by atoms with van der Waals surface area (Å²) in [6, 6.07) is 4.58. The van der Waals surface area contributed by atoms with E-state index in [1.54, 1.807) is 31.4 Å². The zero-order valence-corrected chi connectivity index (χ0v) is 18.3. The Morgan fingerprint density at radius 1 is 1.38 bits per heavy atom. The summed E-state index contributed by atoms with van der Waals surface area (Å²) in [6.45, 7) is 2.79. The lowest BCUT2D eigenvalue weighted by molar-refractivity contribution is -0.189. The molecule has 172 valence electrons. The molecule has 2 aliphatic rings. The first-order valence-electron chi connectivity index (χ1n) is 11.0. The predicted octanol–water partition coefficient (Wildman–Crippen LogP) is 3.34. The smallest absolute Gasteiger partial charge is 0.191 e. The Morgan fingerprint density at radius 3 is 2.94 bits per heavy atom. The Kier molecular flexibility index (Phi) is 7.15. The Labute approximate surface area is 186 Å². The molecule has 2 heterocycles. The van der Waals surface area contributed by atoms with Gasteiger partial charge in [0.05, 0.1) is 12.3 Å². The topological polar surface area (TPSA) is 85.0 Å². The molecule has 1 aliphatic heterocycles. The molecule has 0 spiro atoms. The van der Waals surface area contributed by atoms with Gasteiger partial charge in [0.2, 0.25) is 0 Å². The lowest BCUT2D eigenvalue weighted by Crippen LogP contribution is -2.38. The molecular formula is C24H29FN2O5. The number of ketones is 1. The molecule has 8 heteroatoms. The van der Waals surface area contributed by atoms with Crippen LogP contribution in [0.2, 0.25) is 0 Å². The summed E-state index contributed by atoms with van der Waals surface area (Å²) in [7, 11) is 1.56. The normalized spacial score (nSPS) is 22.4. The fourth-order valence-corrected chi connectivity index (χ4v) is 4.47. The van der Waals surface area contributed by atoms with E-state index in [0.717, 1.165) is 50.0 Å². The van der Waals surface area contributed by atoms with Crippen molar-refractivity contribution in [3.63, 3.8) is 0 Å². The molecule has 0 amide bonds. The number of carbonyl (C=O) groups is 1. The number of rotatable bonds is 9. The quantitative estimate of drug-likeness (QED) is 0.469. The number of aliphatic hydroxyl groups excluding tert-OH is 1. The van der Waals surface area contributed by atoms with Gasteiger partial charge in [-0.15, -0.1) is 0 Å². The number of hydrogen-bond acceptors (Lipinski definition) is 7. The van der Waals surface area contributed by atoms with Crippen LogP contribution in [0.15, 0.2) is 46.5 Å². The van der Waals surface area contributed by atoms with Crippen molar-refractivity contribution >= 4 is 16.8 Å². The number of carbonyl (C=O) groups excluding carboxylic acids is 1. The van der Waals surface area contributed by atoms with Gasteiger partial charge >= 0.3 is 0 Å². The van der Waals surface area contributed by atoms with E-state index in [2.05, 4.69) is 10.1 Å². The fraction of sp³-hybridized carbons (Fsp3) is 0.500. The van der Waals surface area contributed by atoms with Gasteiger partial charge in [-0.3, -0.25) is 4.79 Å². The van der Waals surface area contributed by atoms with Crippen molar-refractivity contribution < 1.29 is 28.3 Å². The molecule has 1 aromatic carbocycles. The van der Waals surface area contributed by atoms with Crippen LogP contribution in [0.1, 0.15) is 37.3 Å². The van der Waals surface area contributed by atoms with Gasteiger partial charge in [0.1, 0.15) is 12.4 Å². The number of likely N-dealkylation sites (tertiary alicyclic amines) is 1. The Bertz CT molecular complexity index is 1010. The monoisotopic (exact) mass is 444 g/mol. The summed E-state index contributed by atoms with van der Waals surface area (Å²) in [4.78, 5) is 14.2. The number of allylic oxidation sites excluding steroid dienone is 2. The molecule has 7 nitrogen and oxygen atoms in total. The molecule has 0 saturated carbocycles. The van der Waals surface area contributed by atoms with Crippen LogP contribution in [-0.4, -0.2) is 66.7 Å². The van der Waals surface area contributed by atoms with E-state index in [0.29, 0.717) is 30.1 Å². The van der Waals surface area contributed by atoms with Crippen LogP contribution in [0.25, 0.3) is 11.0 Å². The maximum atomic E-state index is 13.4. The van der Waals surface area contributed by atoms with Gasteiger partial charge in [-0.2, -0.15) is 0 Å². The third kappa shape index (κ3) is 4.99. The van der Waals surface area contributed by atoms with Crippen LogP contribution in [0, 0.1) is 5.82 Å². The van der Waals surface area contributed by atoms with E-state index in [-0.39, 0.29) is 11.6 Å². The second-order valence-corrected chi connectivity index (χ2v) is 8.35. The minimum absolute atomic E-state index is 0.292. The minimum atomic E-state index is -0.963. The van der Waals surface area contributed by atoms with E-state index in [1.807, 2.05) is 0 Å². The number of benzene rings is 1. The van der Waals surface area contributed by atoms with E-state index in [1.165, 1.54) is 12.1 Å². The number of ether oxygens (including phenoxy) is 2. The zero-order valence-electron chi connectivity index (χ0n) is 18.3. The van der Waals surface area contributed by atoms with E-state index < -0.39 is 12.4 Å². The van der Waals surface area contributed by atoms with Gasteiger partial charge in [-0.05, 0) is 50.6 Å². The van der Waals surface area contributed by atoms with Crippen molar-refractivity contribution in [2.75, 3.05) is 40.0 Å². The van der Waals surface area contributed by atoms with Gasteiger partial charge in [0, 0.05) is 43.0 Å². The number of methoxy groups -OCH3 is 1.